The molecule has 4 rings (SSSR count). The molecule has 0 spiro atoms. The van der Waals surface area contributed by atoms with E-state index in [4.69, 9.17) is 5.73 Å². The Morgan fingerprint density at radius 3 is 2.40 bits per heavy atom. The number of rotatable bonds is 6. The number of carbonyl (C=O) groups is 2. The molecule has 180 valence electrons. The van der Waals surface area contributed by atoms with Crippen molar-refractivity contribution in [1.82, 2.24) is 19.3 Å². The van der Waals surface area contributed by atoms with E-state index in [1.54, 1.807) is 17.7 Å². The fraction of sp³-hybridized carbons (Fsp3) is 0.130. The van der Waals surface area contributed by atoms with Gasteiger partial charge < -0.3 is 10.3 Å². The number of benzene rings is 2. The molecule has 2 heterocycles. The number of hydrogen-bond donors (Lipinski definition) is 1. The van der Waals surface area contributed by atoms with Crippen molar-refractivity contribution in [3.8, 4) is 5.69 Å². The highest BCUT2D eigenvalue weighted by Gasteiger charge is 2.41. The third-order valence-corrected chi connectivity index (χ3v) is 5.30. The summed E-state index contributed by atoms with van der Waals surface area (Å²) in [4.78, 5) is 29.4. The van der Waals surface area contributed by atoms with Crippen LogP contribution in [0.15, 0.2) is 55.0 Å². The molecule has 7 nitrogen and oxygen atoms in total. The van der Waals surface area contributed by atoms with Crippen molar-refractivity contribution in [3.05, 3.63) is 94.7 Å². The standard InChI is InChI=1S/C23H16F5N5O2/c1-12-30-6-7-32(12)11-13-2-4-15(21(35)23(26,27)28)16(8-13)20(34)17-10-31-33(22(17)29)19-5-3-14(24)9-18(19)25/h2-10H,11,29H2,1H3. The third kappa shape index (κ3) is 4.54. The number of anilines is 1. The Morgan fingerprint density at radius 1 is 1.03 bits per heavy atom. The fourth-order valence-corrected chi connectivity index (χ4v) is 3.52. The van der Waals surface area contributed by atoms with Crippen LogP contribution in [0.1, 0.15) is 37.7 Å². The molecule has 12 heteroatoms. The lowest BCUT2D eigenvalue weighted by atomic mass is 9.94. The van der Waals surface area contributed by atoms with Crippen LogP contribution in [0.5, 0.6) is 0 Å². The molecule has 0 bridgehead atoms. The molecular weight excluding hydrogens is 473 g/mol. The molecular formula is C23H16F5N5O2. The maximum atomic E-state index is 14.2. The van der Waals surface area contributed by atoms with E-state index in [1.165, 1.54) is 12.3 Å². The number of nitrogens with two attached hydrogens (primary N) is 1. The second-order valence-corrected chi connectivity index (χ2v) is 7.59. The predicted octanol–water partition coefficient (Wildman–Crippen LogP) is 4.26. The molecule has 35 heavy (non-hydrogen) atoms. The summed E-state index contributed by atoms with van der Waals surface area (Å²) >= 11 is 0. The van der Waals surface area contributed by atoms with Crippen LogP contribution in [-0.4, -0.2) is 37.1 Å². The van der Waals surface area contributed by atoms with E-state index in [2.05, 4.69) is 10.1 Å². The minimum Gasteiger partial charge on any atom is -0.383 e. The van der Waals surface area contributed by atoms with Crippen LogP contribution >= 0.6 is 0 Å². The van der Waals surface area contributed by atoms with Crippen LogP contribution in [-0.2, 0) is 6.54 Å². The molecule has 0 aliphatic rings. The topological polar surface area (TPSA) is 95.8 Å². The summed E-state index contributed by atoms with van der Waals surface area (Å²) < 4.78 is 69.7. The molecule has 0 radical (unpaired) electrons. The van der Waals surface area contributed by atoms with Crippen LogP contribution in [0.2, 0.25) is 0 Å². The monoisotopic (exact) mass is 489 g/mol. The van der Waals surface area contributed by atoms with E-state index in [-0.39, 0.29) is 17.8 Å². The first kappa shape index (κ1) is 23.8. The minimum atomic E-state index is -5.23. The summed E-state index contributed by atoms with van der Waals surface area (Å²) in [5.74, 6) is -4.88. The van der Waals surface area contributed by atoms with Gasteiger partial charge in [-0.1, -0.05) is 6.07 Å². The molecule has 0 aliphatic heterocycles. The van der Waals surface area contributed by atoms with Crippen molar-refractivity contribution in [1.29, 1.82) is 0 Å². The molecule has 0 atom stereocenters. The van der Waals surface area contributed by atoms with Crippen LogP contribution in [0.25, 0.3) is 5.69 Å². The number of nitrogens with zero attached hydrogens (tertiary/aromatic N) is 4. The van der Waals surface area contributed by atoms with Gasteiger partial charge in [-0.3, -0.25) is 9.59 Å². The lowest BCUT2D eigenvalue weighted by Gasteiger charge is -2.13. The normalized spacial score (nSPS) is 11.6. The zero-order chi connectivity index (χ0) is 25.5. The number of aromatic nitrogens is 4. The number of halogens is 5. The van der Waals surface area contributed by atoms with Crippen LogP contribution < -0.4 is 5.73 Å². The zero-order valence-electron chi connectivity index (χ0n) is 18.0. The fourth-order valence-electron chi connectivity index (χ4n) is 3.52. The highest BCUT2D eigenvalue weighted by molar-refractivity contribution is 6.18. The van der Waals surface area contributed by atoms with Crippen molar-refractivity contribution in [3.63, 3.8) is 0 Å². The molecule has 2 N–H and O–H groups in total. The number of ketones is 2. The van der Waals surface area contributed by atoms with Gasteiger partial charge >= 0.3 is 6.18 Å². The third-order valence-electron chi connectivity index (χ3n) is 5.30. The van der Waals surface area contributed by atoms with Crippen molar-refractivity contribution in [2.75, 3.05) is 5.73 Å². The average Bonchev–Trinajstić information content (AvgIpc) is 3.37. The Balaban J connectivity index is 1.80. The quantitative estimate of drug-likeness (QED) is 0.323. The number of Topliss-reactive ketones (excluding diaryl/α,β-unsaturated/α-hetero) is 1. The molecule has 2 aromatic carbocycles. The van der Waals surface area contributed by atoms with Gasteiger partial charge in [0.25, 0.3) is 5.78 Å². The molecule has 0 saturated heterocycles. The van der Waals surface area contributed by atoms with Crippen molar-refractivity contribution in [2.45, 2.75) is 19.6 Å². The van der Waals surface area contributed by atoms with Crippen LogP contribution in [0.3, 0.4) is 0 Å². The molecule has 0 fully saturated rings. The van der Waals surface area contributed by atoms with E-state index in [9.17, 15) is 31.5 Å². The number of alkyl halides is 3. The molecule has 0 saturated carbocycles. The van der Waals surface area contributed by atoms with Gasteiger partial charge in [-0.15, -0.1) is 0 Å². The van der Waals surface area contributed by atoms with E-state index in [1.807, 2.05) is 0 Å². The van der Waals surface area contributed by atoms with E-state index in [0.29, 0.717) is 17.5 Å². The van der Waals surface area contributed by atoms with Crippen molar-refractivity contribution < 1.29 is 31.5 Å². The molecule has 0 amide bonds. The number of aryl methyl sites for hydroxylation is 1. The summed E-state index contributed by atoms with van der Waals surface area (Å²) in [6.07, 6.45) is -1.11. The van der Waals surface area contributed by atoms with Gasteiger partial charge in [0.05, 0.1) is 11.8 Å². The molecule has 0 aliphatic carbocycles. The number of imidazole rings is 1. The summed E-state index contributed by atoms with van der Waals surface area (Å²) in [5.41, 5.74) is 4.33. The minimum absolute atomic E-state index is 0.169. The van der Waals surface area contributed by atoms with Crippen LogP contribution in [0.4, 0.5) is 27.8 Å². The van der Waals surface area contributed by atoms with Gasteiger partial charge in [-0.25, -0.2) is 18.4 Å². The van der Waals surface area contributed by atoms with Gasteiger partial charge in [0.15, 0.2) is 11.6 Å². The number of hydrogen-bond acceptors (Lipinski definition) is 5. The van der Waals surface area contributed by atoms with E-state index >= 15 is 0 Å². The van der Waals surface area contributed by atoms with Crippen molar-refractivity contribution in [2.24, 2.45) is 0 Å². The smallest absolute Gasteiger partial charge is 0.383 e. The van der Waals surface area contributed by atoms with Gasteiger partial charge in [0.2, 0.25) is 0 Å². The SMILES string of the molecule is Cc1nccn1Cc1ccc(C(=O)C(F)(F)F)c(C(=O)c2cnn(-c3ccc(F)cc3F)c2N)c1. The highest BCUT2D eigenvalue weighted by Crippen LogP contribution is 2.28. The Hall–Kier alpha value is -4.35. The molecule has 4 aromatic rings. The average molecular weight is 489 g/mol. The van der Waals surface area contributed by atoms with Gasteiger partial charge in [0, 0.05) is 36.1 Å². The Bertz CT molecular complexity index is 1460. The summed E-state index contributed by atoms with van der Waals surface area (Å²) in [6.45, 7) is 1.89. The van der Waals surface area contributed by atoms with Gasteiger partial charge in [0.1, 0.15) is 23.1 Å². The first-order valence-corrected chi connectivity index (χ1v) is 10.0. The number of nitrogen functional groups attached to an aromatic ring is 1. The Labute approximate surface area is 194 Å². The van der Waals surface area contributed by atoms with E-state index < -0.39 is 46.3 Å². The lowest BCUT2D eigenvalue weighted by Crippen LogP contribution is -2.25. The van der Waals surface area contributed by atoms with Crippen molar-refractivity contribution >= 4 is 17.4 Å². The first-order valence-electron chi connectivity index (χ1n) is 10.0. The van der Waals surface area contributed by atoms with E-state index in [0.717, 1.165) is 35.1 Å². The lowest BCUT2D eigenvalue weighted by molar-refractivity contribution is -0.0885. The molecule has 0 unspecified atom stereocenters. The summed E-state index contributed by atoms with van der Waals surface area (Å²) in [5, 5.41) is 3.83. The maximum absolute atomic E-state index is 14.2. The predicted molar refractivity (Wildman–Crippen MR) is 114 cm³/mol. The number of carbonyl (C=O) groups excluding carboxylic acids is 2. The first-order chi connectivity index (χ1) is 16.5. The second kappa shape index (κ2) is 8.78. The van der Waals surface area contributed by atoms with Gasteiger partial charge in [-0.05, 0) is 36.8 Å². The zero-order valence-corrected chi connectivity index (χ0v) is 18.0. The summed E-state index contributed by atoms with van der Waals surface area (Å²) in [6, 6.07) is 5.95. The molecule has 2 aromatic heterocycles. The maximum Gasteiger partial charge on any atom is 0.454 e. The largest absolute Gasteiger partial charge is 0.454 e. The Kier molecular flexibility index (Phi) is 5.97. The van der Waals surface area contributed by atoms with Crippen LogP contribution in [0, 0.1) is 18.6 Å². The summed E-state index contributed by atoms with van der Waals surface area (Å²) in [7, 11) is 0. The second-order valence-electron chi connectivity index (χ2n) is 7.59. The Morgan fingerprint density at radius 2 is 1.77 bits per heavy atom. The van der Waals surface area contributed by atoms with Gasteiger partial charge in [-0.2, -0.15) is 18.3 Å². The highest BCUT2D eigenvalue weighted by atomic mass is 19.4.